The second kappa shape index (κ2) is 10.1. The van der Waals surface area contributed by atoms with Crippen molar-refractivity contribution in [3.63, 3.8) is 0 Å². The molecule has 0 bridgehead atoms. The number of nitrogens with one attached hydrogen (secondary N) is 2. The SMILES string of the molecule is O=C1NC(=O)C(CCc2ccccc2)(C2CCN(Cc3cccc(OCCO)c3)CC2)N1. The molecule has 3 amide bonds. The van der Waals surface area contributed by atoms with Gasteiger partial charge in [-0.25, -0.2) is 4.79 Å². The van der Waals surface area contributed by atoms with E-state index in [0.717, 1.165) is 50.2 Å². The largest absolute Gasteiger partial charge is 0.491 e. The Morgan fingerprint density at radius 2 is 1.78 bits per heavy atom. The molecule has 2 heterocycles. The first kappa shape index (κ1) is 22.3. The molecule has 1 unspecified atom stereocenters. The van der Waals surface area contributed by atoms with E-state index in [0.29, 0.717) is 6.42 Å². The van der Waals surface area contributed by atoms with Gasteiger partial charge in [0.1, 0.15) is 17.9 Å². The molecular weight excluding hydrogens is 406 g/mol. The number of amides is 3. The first-order valence-electron chi connectivity index (χ1n) is 11.3. The molecule has 2 aliphatic heterocycles. The van der Waals surface area contributed by atoms with Gasteiger partial charge in [-0.05, 0) is 68.0 Å². The van der Waals surface area contributed by atoms with Crippen LogP contribution in [0.3, 0.4) is 0 Å². The van der Waals surface area contributed by atoms with Gasteiger partial charge in [0, 0.05) is 6.54 Å². The zero-order chi connectivity index (χ0) is 22.4. The van der Waals surface area contributed by atoms with Crippen molar-refractivity contribution in [2.24, 2.45) is 5.92 Å². The highest BCUT2D eigenvalue weighted by molar-refractivity contribution is 6.07. The number of nitrogens with zero attached hydrogens (tertiary/aromatic N) is 1. The molecule has 0 radical (unpaired) electrons. The van der Waals surface area contributed by atoms with Gasteiger partial charge < -0.3 is 15.2 Å². The van der Waals surface area contributed by atoms with Crippen LogP contribution in [0.2, 0.25) is 0 Å². The van der Waals surface area contributed by atoms with Crippen LogP contribution < -0.4 is 15.4 Å². The van der Waals surface area contributed by atoms with Gasteiger partial charge in [-0.3, -0.25) is 15.0 Å². The van der Waals surface area contributed by atoms with Gasteiger partial charge in [0.2, 0.25) is 0 Å². The first-order valence-corrected chi connectivity index (χ1v) is 11.3. The van der Waals surface area contributed by atoms with Gasteiger partial charge in [0.25, 0.3) is 5.91 Å². The van der Waals surface area contributed by atoms with Crippen LogP contribution in [-0.2, 0) is 17.8 Å². The monoisotopic (exact) mass is 437 g/mol. The van der Waals surface area contributed by atoms with Crippen molar-refractivity contribution >= 4 is 11.9 Å². The summed E-state index contributed by atoms with van der Waals surface area (Å²) in [6.07, 6.45) is 3.05. The lowest BCUT2D eigenvalue weighted by Gasteiger charge is -2.40. The molecule has 2 aliphatic rings. The van der Waals surface area contributed by atoms with Crippen LogP contribution >= 0.6 is 0 Å². The van der Waals surface area contributed by atoms with Crippen molar-refractivity contribution in [1.29, 1.82) is 0 Å². The van der Waals surface area contributed by atoms with Crippen LogP contribution in [0.5, 0.6) is 5.75 Å². The molecule has 2 aromatic rings. The number of likely N-dealkylation sites (tertiary alicyclic amines) is 1. The smallest absolute Gasteiger partial charge is 0.322 e. The zero-order valence-electron chi connectivity index (χ0n) is 18.3. The molecule has 1 atom stereocenters. The Bertz CT molecular complexity index is 928. The molecule has 32 heavy (non-hydrogen) atoms. The lowest BCUT2D eigenvalue weighted by Crippen LogP contribution is -2.56. The fraction of sp³-hybridized carbons (Fsp3) is 0.440. The standard InChI is InChI=1S/C25H31N3O4/c29-15-16-32-22-8-4-7-20(17-22)18-28-13-10-21(11-14-28)25(23(30)26-24(31)27-25)12-9-19-5-2-1-3-6-19/h1-8,17,21,29H,9-16,18H2,(H2,26,27,30,31). The third-order valence-electron chi connectivity index (χ3n) is 6.57. The summed E-state index contributed by atoms with van der Waals surface area (Å²) >= 11 is 0. The van der Waals surface area contributed by atoms with E-state index in [4.69, 9.17) is 9.84 Å². The molecular formula is C25H31N3O4. The van der Waals surface area contributed by atoms with Gasteiger partial charge in [-0.15, -0.1) is 0 Å². The lowest BCUT2D eigenvalue weighted by molar-refractivity contribution is -0.127. The molecule has 7 heteroatoms. The topological polar surface area (TPSA) is 90.9 Å². The highest BCUT2D eigenvalue weighted by Crippen LogP contribution is 2.35. The average Bonchev–Trinajstić information content (AvgIpc) is 3.11. The van der Waals surface area contributed by atoms with Gasteiger partial charge in [-0.1, -0.05) is 42.5 Å². The summed E-state index contributed by atoms with van der Waals surface area (Å²) in [7, 11) is 0. The number of aryl methyl sites for hydroxylation is 1. The minimum absolute atomic E-state index is 0.00607. The number of benzene rings is 2. The second-order valence-electron chi connectivity index (χ2n) is 8.64. The van der Waals surface area contributed by atoms with Crippen molar-refractivity contribution in [2.75, 3.05) is 26.3 Å². The molecule has 0 aromatic heterocycles. The number of aliphatic hydroxyl groups excluding tert-OH is 1. The van der Waals surface area contributed by atoms with Crippen LogP contribution in [0.15, 0.2) is 54.6 Å². The summed E-state index contributed by atoms with van der Waals surface area (Å²) in [5.74, 6) is 0.676. The molecule has 0 spiro atoms. The molecule has 170 valence electrons. The molecule has 3 N–H and O–H groups in total. The fourth-order valence-electron chi connectivity index (χ4n) is 4.90. The number of aliphatic hydroxyl groups is 1. The Labute approximate surface area is 188 Å². The van der Waals surface area contributed by atoms with Crippen LogP contribution in [0.25, 0.3) is 0 Å². The predicted octanol–water partition coefficient (Wildman–Crippen LogP) is 2.48. The quantitative estimate of drug-likeness (QED) is 0.525. The van der Waals surface area contributed by atoms with Gasteiger partial charge in [0.15, 0.2) is 0 Å². The summed E-state index contributed by atoms with van der Waals surface area (Å²) in [5, 5.41) is 14.4. The van der Waals surface area contributed by atoms with Gasteiger partial charge >= 0.3 is 6.03 Å². The maximum Gasteiger partial charge on any atom is 0.322 e. The molecule has 0 saturated carbocycles. The molecule has 2 aromatic carbocycles. The molecule has 2 saturated heterocycles. The fourth-order valence-corrected chi connectivity index (χ4v) is 4.90. The minimum Gasteiger partial charge on any atom is -0.491 e. The Hall–Kier alpha value is -2.90. The Balaban J connectivity index is 1.38. The zero-order valence-corrected chi connectivity index (χ0v) is 18.3. The van der Waals surface area contributed by atoms with E-state index in [2.05, 4.69) is 33.7 Å². The van der Waals surface area contributed by atoms with E-state index in [1.807, 2.05) is 36.4 Å². The van der Waals surface area contributed by atoms with E-state index in [1.54, 1.807) is 0 Å². The van der Waals surface area contributed by atoms with Crippen LogP contribution in [0.4, 0.5) is 4.79 Å². The first-order chi connectivity index (χ1) is 15.6. The van der Waals surface area contributed by atoms with Crippen LogP contribution in [0.1, 0.15) is 30.4 Å². The number of ether oxygens (including phenoxy) is 1. The van der Waals surface area contributed by atoms with Crippen molar-refractivity contribution < 1.29 is 19.4 Å². The number of carbonyl (C=O) groups excluding carboxylic acids is 2. The van der Waals surface area contributed by atoms with Crippen molar-refractivity contribution in [3.8, 4) is 5.75 Å². The maximum absolute atomic E-state index is 12.9. The number of imide groups is 1. The summed E-state index contributed by atoms with van der Waals surface area (Å²) in [4.78, 5) is 27.3. The number of carbonyl (C=O) groups is 2. The Kier molecular flexibility index (Phi) is 7.07. The predicted molar refractivity (Wildman–Crippen MR) is 121 cm³/mol. The Morgan fingerprint density at radius 1 is 1.03 bits per heavy atom. The van der Waals surface area contributed by atoms with Crippen molar-refractivity contribution in [3.05, 3.63) is 65.7 Å². The van der Waals surface area contributed by atoms with Crippen molar-refractivity contribution in [2.45, 2.75) is 37.8 Å². The van der Waals surface area contributed by atoms with Gasteiger partial charge in [0.05, 0.1) is 6.61 Å². The third-order valence-corrected chi connectivity index (χ3v) is 6.57. The van der Waals surface area contributed by atoms with E-state index in [9.17, 15) is 9.59 Å². The lowest BCUT2D eigenvalue weighted by atomic mass is 9.74. The highest BCUT2D eigenvalue weighted by atomic mass is 16.5. The van der Waals surface area contributed by atoms with E-state index in [-0.39, 0.29) is 31.1 Å². The summed E-state index contributed by atoms with van der Waals surface area (Å²) in [5.41, 5.74) is 1.49. The third kappa shape index (κ3) is 5.11. The normalized spacial score (nSPS) is 21.9. The second-order valence-corrected chi connectivity index (χ2v) is 8.64. The maximum atomic E-state index is 12.9. The number of piperidine rings is 1. The molecule has 7 nitrogen and oxygen atoms in total. The molecule has 4 rings (SSSR count). The van der Waals surface area contributed by atoms with Crippen LogP contribution in [0, 0.1) is 5.92 Å². The summed E-state index contributed by atoms with van der Waals surface area (Å²) < 4.78 is 5.51. The van der Waals surface area contributed by atoms with Gasteiger partial charge in [-0.2, -0.15) is 0 Å². The number of rotatable bonds is 9. The number of hydrogen-bond acceptors (Lipinski definition) is 5. The summed E-state index contributed by atoms with van der Waals surface area (Å²) in [6.45, 7) is 2.81. The van der Waals surface area contributed by atoms with E-state index in [1.165, 1.54) is 5.56 Å². The number of hydrogen-bond donors (Lipinski definition) is 3. The minimum atomic E-state index is -0.836. The average molecular weight is 438 g/mol. The molecule has 2 fully saturated rings. The highest BCUT2D eigenvalue weighted by Gasteiger charge is 2.51. The Morgan fingerprint density at radius 3 is 2.47 bits per heavy atom. The number of urea groups is 1. The van der Waals surface area contributed by atoms with Crippen molar-refractivity contribution in [1.82, 2.24) is 15.5 Å². The van der Waals surface area contributed by atoms with E-state index >= 15 is 0 Å². The molecule has 0 aliphatic carbocycles. The van der Waals surface area contributed by atoms with E-state index < -0.39 is 5.54 Å². The van der Waals surface area contributed by atoms with Crippen LogP contribution in [-0.4, -0.2) is 53.8 Å². The summed E-state index contributed by atoms with van der Waals surface area (Å²) in [6, 6.07) is 17.6.